The molecule has 0 bridgehead atoms. The molecule has 0 spiro atoms. The van der Waals surface area contributed by atoms with E-state index in [2.05, 4.69) is 16.7 Å². The van der Waals surface area contributed by atoms with E-state index in [9.17, 15) is 14.0 Å². The number of hydrogen-bond acceptors (Lipinski definition) is 9. The minimum atomic E-state index is -1.24. The van der Waals surface area contributed by atoms with Gasteiger partial charge in [0.25, 0.3) is 0 Å². The molecule has 1 heterocycles. The number of nitrogen functional groups attached to an aromatic ring is 1. The van der Waals surface area contributed by atoms with E-state index in [1.54, 1.807) is 0 Å². The van der Waals surface area contributed by atoms with Gasteiger partial charge in [-0.25, -0.2) is 14.6 Å². The number of aromatic nitrogens is 1. The van der Waals surface area contributed by atoms with Crippen LogP contribution in [-0.2, 0) is 23.9 Å². The van der Waals surface area contributed by atoms with Crippen LogP contribution in [-0.4, -0.2) is 35.3 Å². The third-order valence-electron chi connectivity index (χ3n) is 4.42. The summed E-state index contributed by atoms with van der Waals surface area (Å²) in [5, 5.41) is 2.69. The van der Waals surface area contributed by atoms with Gasteiger partial charge in [-0.3, -0.25) is 0 Å². The fourth-order valence-corrected chi connectivity index (χ4v) is 3.37. The number of halogens is 1. The van der Waals surface area contributed by atoms with Crippen molar-refractivity contribution in [2.24, 2.45) is 5.16 Å². The molecule has 2 aromatic carbocycles. The van der Waals surface area contributed by atoms with Crippen molar-refractivity contribution in [1.82, 2.24) is 4.98 Å². The maximum absolute atomic E-state index is 14.2. The first-order chi connectivity index (χ1) is 16.4. The molecule has 8 nitrogen and oxygen atoms in total. The summed E-state index contributed by atoms with van der Waals surface area (Å²) in [7, 11) is 0. The number of hydrogen-bond donors (Lipinski definition) is 1. The van der Waals surface area contributed by atoms with Crippen molar-refractivity contribution in [2.75, 3.05) is 12.3 Å². The Balaban J connectivity index is 1.80. The van der Waals surface area contributed by atoms with Crippen LogP contribution in [0, 0.1) is 5.13 Å². The fraction of sp³-hybridized carbons (Fsp3) is 0.167. The molecule has 0 saturated heterocycles. The van der Waals surface area contributed by atoms with Gasteiger partial charge < -0.3 is 20.0 Å². The van der Waals surface area contributed by atoms with Gasteiger partial charge in [-0.15, -0.1) is 0 Å². The second-order valence-corrected chi connectivity index (χ2v) is 7.87. The van der Waals surface area contributed by atoms with Crippen molar-refractivity contribution >= 4 is 34.1 Å². The Morgan fingerprint density at radius 2 is 1.74 bits per heavy atom. The Morgan fingerprint density at radius 3 is 2.24 bits per heavy atom. The lowest BCUT2D eigenvalue weighted by atomic mass is 10.0. The first-order valence-electron chi connectivity index (χ1n) is 10.1. The van der Waals surface area contributed by atoms with Gasteiger partial charge in [0.2, 0.25) is 16.9 Å². The Morgan fingerprint density at radius 1 is 1.15 bits per heavy atom. The van der Waals surface area contributed by atoms with Gasteiger partial charge in [0.1, 0.15) is 12.3 Å². The van der Waals surface area contributed by atoms with Crippen molar-refractivity contribution in [2.45, 2.75) is 19.1 Å². The van der Waals surface area contributed by atoms with Gasteiger partial charge in [-0.1, -0.05) is 89.8 Å². The van der Waals surface area contributed by atoms with Crippen LogP contribution in [0.15, 0.2) is 78.5 Å². The van der Waals surface area contributed by atoms with Gasteiger partial charge in [0, 0.05) is 0 Å². The van der Waals surface area contributed by atoms with Crippen molar-refractivity contribution in [1.29, 1.82) is 0 Å². The molecule has 3 aromatic rings. The SMILES string of the molecule is C=CCOC(=O)/C(=N\O[C@@H](C)C(=O)OC(c1ccccc1)c1ccccc1)c1nc(N)sc1F. The summed E-state index contributed by atoms with van der Waals surface area (Å²) in [4.78, 5) is 34.1. The smallest absolute Gasteiger partial charge is 0.363 e. The minimum absolute atomic E-state index is 0.113. The number of esters is 2. The van der Waals surface area contributed by atoms with Crippen molar-refractivity contribution in [3.8, 4) is 0 Å². The second-order valence-electron chi connectivity index (χ2n) is 6.89. The maximum atomic E-state index is 14.2. The summed E-state index contributed by atoms with van der Waals surface area (Å²) >= 11 is 0.527. The van der Waals surface area contributed by atoms with Crippen LogP contribution < -0.4 is 5.73 Å². The zero-order chi connectivity index (χ0) is 24.5. The highest BCUT2D eigenvalue weighted by Gasteiger charge is 2.28. The average molecular weight is 484 g/mol. The lowest BCUT2D eigenvalue weighted by Crippen LogP contribution is -2.26. The number of anilines is 1. The van der Waals surface area contributed by atoms with E-state index in [1.807, 2.05) is 60.7 Å². The second kappa shape index (κ2) is 11.7. The van der Waals surface area contributed by atoms with Crippen LogP contribution in [0.25, 0.3) is 0 Å². The van der Waals surface area contributed by atoms with E-state index >= 15 is 0 Å². The summed E-state index contributed by atoms with van der Waals surface area (Å²) in [5.74, 6) is -1.77. The van der Waals surface area contributed by atoms with Crippen molar-refractivity contribution in [3.05, 3.63) is 95.3 Å². The summed E-state index contributed by atoms with van der Waals surface area (Å²) in [6.07, 6.45) is -0.607. The Kier molecular flexibility index (Phi) is 8.47. The molecule has 1 atom stereocenters. The van der Waals surface area contributed by atoms with Gasteiger partial charge in [-0.05, 0) is 18.1 Å². The summed E-state index contributed by atoms with van der Waals surface area (Å²) in [6.45, 7) is 4.68. The summed E-state index contributed by atoms with van der Waals surface area (Å²) < 4.78 is 24.8. The van der Waals surface area contributed by atoms with Crippen LogP contribution in [0.3, 0.4) is 0 Å². The van der Waals surface area contributed by atoms with Crippen molar-refractivity contribution in [3.63, 3.8) is 0 Å². The lowest BCUT2D eigenvalue weighted by Gasteiger charge is -2.20. The first kappa shape index (κ1) is 24.6. The number of benzene rings is 2. The molecule has 1 aromatic heterocycles. The molecule has 10 heteroatoms. The number of rotatable bonds is 10. The molecule has 0 radical (unpaired) electrons. The molecule has 34 heavy (non-hydrogen) atoms. The number of nitrogens with two attached hydrogens (primary N) is 1. The number of ether oxygens (including phenoxy) is 2. The zero-order valence-electron chi connectivity index (χ0n) is 18.2. The van der Waals surface area contributed by atoms with Gasteiger partial charge in [-0.2, -0.15) is 4.39 Å². The number of nitrogens with zero attached hydrogens (tertiary/aromatic N) is 2. The van der Waals surface area contributed by atoms with Gasteiger partial charge >= 0.3 is 11.9 Å². The topological polar surface area (TPSA) is 113 Å². The summed E-state index contributed by atoms with van der Waals surface area (Å²) in [6, 6.07) is 18.4. The molecule has 0 amide bonds. The van der Waals surface area contributed by atoms with Crippen LogP contribution >= 0.6 is 11.3 Å². The molecule has 0 unspecified atom stereocenters. The Hall–Kier alpha value is -4.05. The summed E-state index contributed by atoms with van der Waals surface area (Å²) in [5.41, 5.74) is 6.01. The molecule has 2 N–H and O–H groups in total. The van der Waals surface area contributed by atoms with E-state index in [1.165, 1.54) is 13.0 Å². The number of thiazole rings is 1. The number of carbonyl (C=O) groups is 2. The fourth-order valence-electron chi connectivity index (χ4n) is 2.81. The molecule has 0 fully saturated rings. The number of oxime groups is 1. The standard InChI is InChI=1S/C24H22FN3O5S/c1-3-14-31-23(30)19(18-21(25)34-24(26)27-18)28-33-15(2)22(29)32-20(16-10-6-4-7-11-16)17-12-8-5-9-13-17/h3-13,15,20H,1,14H2,2H3,(H2,26,27)/b28-19-/t15-/m0/s1. The monoisotopic (exact) mass is 483 g/mol. The highest BCUT2D eigenvalue weighted by molar-refractivity contribution is 7.14. The van der Waals surface area contributed by atoms with E-state index < -0.39 is 40.7 Å². The van der Waals surface area contributed by atoms with Crippen LogP contribution in [0.1, 0.15) is 29.8 Å². The van der Waals surface area contributed by atoms with Crippen molar-refractivity contribution < 1.29 is 28.3 Å². The molecule has 176 valence electrons. The zero-order valence-corrected chi connectivity index (χ0v) is 19.0. The van der Waals surface area contributed by atoms with E-state index in [-0.39, 0.29) is 11.7 Å². The molecule has 3 rings (SSSR count). The molecule has 0 aliphatic rings. The van der Waals surface area contributed by atoms with Gasteiger partial charge in [0.15, 0.2) is 11.2 Å². The number of carbonyl (C=O) groups excluding carboxylic acids is 2. The van der Waals surface area contributed by atoms with E-state index in [4.69, 9.17) is 20.0 Å². The predicted octanol–water partition coefficient (Wildman–Crippen LogP) is 4.04. The molecular weight excluding hydrogens is 461 g/mol. The maximum Gasteiger partial charge on any atom is 0.363 e. The third kappa shape index (κ3) is 6.26. The minimum Gasteiger partial charge on any atom is -0.457 e. The predicted molar refractivity (Wildman–Crippen MR) is 126 cm³/mol. The average Bonchev–Trinajstić information content (AvgIpc) is 3.19. The molecule has 0 aliphatic heterocycles. The Bertz CT molecular complexity index is 1130. The Labute approximate surface area is 199 Å². The highest BCUT2D eigenvalue weighted by Crippen LogP contribution is 2.26. The first-order valence-corrected chi connectivity index (χ1v) is 11.0. The third-order valence-corrected chi connectivity index (χ3v) is 5.10. The largest absolute Gasteiger partial charge is 0.457 e. The van der Waals surface area contributed by atoms with E-state index in [0.29, 0.717) is 11.3 Å². The van der Waals surface area contributed by atoms with Crippen LogP contribution in [0.5, 0.6) is 0 Å². The van der Waals surface area contributed by atoms with Crippen LogP contribution in [0.2, 0.25) is 0 Å². The molecule has 0 saturated carbocycles. The molecule has 0 aliphatic carbocycles. The lowest BCUT2D eigenvalue weighted by molar-refractivity contribution is -0.160. The van der Waals surface area contributed by atoms with E-state index in [0.717, 1.165) is 11.1 Å². The quantitative estimate of drug-likeness (QED) is 0.200. The highest BCUT2D eigenvalue weighted by atomic mass is 32.1. The molecular formula is C24H22FN3O5S. The van der Waals surface area contributed by atoms with Gasteiger partial charge in [0.05, 0.1) is 0 Å². The normalized spacial score (nSPS) is 12.1. The van der Waals surface area contributed by atoms with Crippen LogP contribution in [0.4, 0.5) is 9.52 Å².